The van der Waals surface area contributed by atoms with Crippen molar-refractivity contribution >= 4 is 27.7 Å². The maximum Gasteiger partial charge on any atom is 0.261 e. The van der Waals surface area contributed by atoms with Crippen molar-refractivity contribution in [2.75, 3.05) is 7.05 Å². The lowest BCUT2D eigenvalue weighted by molar-refractivity contribution is 0.431. The second kappa shape index (κ2) is 5.91. The van der Waals surface area contributed by atoms with E-state index in [0.717, 1.165) is 27.4 Å². The summed E-state index contributed by atoms with van der Waals surface area (Å²) in [5, 5.41) is 3.82. The van der Waals surface area contributed by atoms with Crippen molar-refractivity contribution in [1.82, 2.24) is 10.3 Å². The van der Waals surface area contributed by atoms with E-state index in [2.05, 4.69) is 44.4 Å². The highest BCUT2D eigenvalue weighted by Crippen LogP contribution is 2.34. The second-order valence-corrected chi connectivity index (χ2v) is 5.87. The van der Waals surface area contributed by atoms with E-state index < -0.39 is 0 Å². The molecule has 0 aliphatic carbocycles. The summed E-state index contributed by atoms with van der Waals surface area (Å²) >= 11 is 5.11. The van der Waals surface area contributed by atoms with Crippen LogP contribution in [-0.4, -0.2) is 12.0 Å². The van der Waals surface area contributed by atoms with Gasteiger partial charge < -0.3 is 9.73 Å². The molecule has 0 spiro atoms. The van der Waals surface area contributed by atoms with Gasteiger partial charge in [-0.15, -0.1) is 0 Å². The predicted molar refractivity (Wildman–Crippen MR) is 77.0 cm³/mol. The van der Waals surface area contributed by atoms with Gasteiger partial charge in [-0.1, -0.05) is 6.07 Å². The number of aromatic nitrogens is 1. The van der Waals surface area contributed by atoms with Crippen LogP contribution < -0.4 is 5.32 Å². The number of hydrogen-bond acceptors (Lipinski definition) is 4. The largest absolute Gasteiger partial charge is 0.436 e. The Morgan fingerprint density at radius 1 is 1.39 bits per heavy atom. The van der Waals surface area contributed by atoms with Gasteiger partial charge in [-0.2, -0.15) is 0 Å². The Labute approximate surface area is 120 Å². The standard InChI is InChI=1S/C13H15BrN2OS/c1-8-9(2)17-13(16-8)18-12-5-4-10(7-15-3)6-11(12)14/h4-6,15H,7H2,1-3H3. The van der Waals surface area contributed by atoms with Gasteiger partial charge >= 0.3 is 0 Å². The molecule has 0 unspecified atom stereocenters. The predicted octanol–water partition coefficient (Wildman–Crippen LogP) is 3.92. The van der Waals surface area contributed by atoms with Gasteiger partial charge in [0, 0.05) is 15.9 Å². The van der Waals surface area contributed by atoms with Gasteiger partial charge in [-0.05, 0) is 66.3 Å². The van der Waals surface area contributed by atoms with Crippen molar-refractivity contribution in [3.05, 3.63) is 39.7 Å². The molecule has 2 aromatic rings. The molecule has 1 aromatic carbocycles. The lowest BCUT2D eigenvalue weighted by atomic mass is 10.2. The molecule has 0 aliphatic rings. The van der Waals surface area contributed by atoms with E-state index in [9.17, 15) is 0 Å². The third kappa shape index (κ3) is 3.16. The normalized spacial score (nSPS) is 10.9. The van der Waals surface area contributed by atoms with Crippen LogP contribution in [0.15, 0.2) is 37.2 Å². The molecule has 1 heterocycles. The fraction of sp³-hybridized carbons (Fsp3) is 0.308. The van der Waals surface area contributed by atoms with Crippen LogP contribution >= 0.6 is 27.7 Å². The highest BCUT2D eigenvalue weighted by molar-refractivity contribution is 9.10. The quantitative estimate of drug-likeness (QED) is 0.923. The first kappa shape index (κ1) is 13.6. The number of nitrogens with one attached hydrogen (secondary N) is 1. The Bertz CT molecular complexity index is 534. The Kier molecular flexibility index (Phi) is 4.48. The molecule has 1 N–H and O–H groups in total. The Morgan fingerprint density at radius 3 is 2.72 bits per heavy atom. The Morgan fingerprint density at radius 2 is 2.17 bits per heavy atom. The molecule has 1 aromatic heterocycles. The molecule has 2 rings (SSSR count). The average Bonchev–Trinajstić information content (AvgIpc) is 2.62. The highest BCUT2D eigenvalue weighted by Gasteiger charge is 2.10. The summed E-state index contributed by atoms with van der Waals surface area (Å²) in [5.74, 6) is 0.875. The molecule has 0 amide bonds. The number of halogens is 1. The number of hydrogen-bond donors (Lipinski definition) is 1. The van der Waals surface area contributed by atoms with Crippen LogP contribution in [0.1, 0.15) is 17.0 Å². The van der Waals surface area contributed by atoms with Gasteiger partial charge in [0.2, 0.25) is 0 Å². The lowest BCUT2D eigenvalue weighted by Gasteiger charge is -2.05. The molecule has 0 aliphatic heterocycles. The Hall–Kier alpha value is -0.780. The van der Waals surface area contributed by atoms with Gasteiger partial charge in [0.25, 0.3) is 5.22 Å². The maximum atomic E-state index is 5.57. The van der Waals surface area contributed by atoms with Gasteiger partial charge in [-0.25, -0.2) is 4.98 Å². The van der Waals surface area contributed by atoms with Gasteiger partial charge in [0.15, 0.2) is 0 Å². The summed E-state index contributed by atoms with van der Waals surface area (Å²) in [5.41, 5.74) is 2.19. The zero-order valence-electron chi connectivity index (χ0n) is 10.6. The topological polar surface area (TPSA) is 38.1 Å². The molecule has 0 saturated heterocycles. The molecule has 3 nitrogen and oxygen atoms in total. The molecule has 0 fully saturated rings. The summed E-state index contributed by atoms with van der Waals surface area (Å²) < 4.78 is 6.63. The van der Waals surface area contributed by atoms with Crippen molar-refractivity contribution in [2.45, 2.75) is 30.5 Å². The van der Waals surface area contributed by atoms with Crippen LogP contribution in [0.2, 0.25) is 0 Å². The van der Waals surface area contributed by atoms with Crippen LogP contribution in [0.25, 0.3) is 0 Å². The zero-order valence-corrected chi connectivity index (χ0v) is 13.0. The first-order valence-corrected chi connectivity index (χ1v) is 7.26. The van der Waals surface area contributed by atoms with Crippen LogP contribution in [0.5, 0.6) is 0 Å². The number of aryl methyl sites for hydroxylation is 2. The molecule has 0 radical (unpaired) electrons. The summed E-state index contributed by atoms with van der Waals surface area (Å²) in [4.78, 5) is 5.48. The molecule has 18 heavy (non-hydrogen) atoms. The number of benzene rings is 1. The fourth-order valence-corrected chi connectivity index (χ4v) is 3.02. The Balaban J connectivity index is 2.19. The summed E-state index contributed by atoms with van der Waals surface area (Å²) in [7, 11) is 1.94. The number of rotatable bonds is 4. The number of nitrogens with zero attached hydrogens (tertiary/aromatic N) is 1. The number of oxazole rings is 1. The first-order valence-electron chi connectivity index (χ1n) is 5.65. The van der Waals surface area contributed by atoms with Crippen molar-refractivity contribution in [3.8, 4) is 0 Å². The van der Waals surface area contributed by atoms with Crippen molar-refractivity contribution < 1.29 is 4.42 Å². The van der Waals surface area contributed by atoms with Crippen molar-refractivity contribution in [1.29, 1.82) is 0 Å². The van der Waals surface area contributed by atoms with Crippen molar-refractivity contribution in [3.63, 3.8) is 0 Å². The molecule has 0 atom stereocenters. The van der Waals surface area contributed by atoms with E-state index in [1.807, 2.05) is 20.9 Å². The van der Waals surface area contributed by atoms with E-state index in [4.69, 9.17) is 4.42 Å². The molecule has 0 bridgehead atoms. The van der Waals surface area contributed by atoms with Gasteiger partial charge in [0.1, 0.15) is 5.76 Å². The summed E-state index contributed by atoms with van der Waals surface area (Å²) in [6, 6.07) is 6.30. The maximum absolute atomic E-state index is 5.57. The summed E-state index contributed by atoms with van der Waals surface area (Å²) in [6.07, 6.45) is 0. The monoisotopic (exact) mass is 326 g/mol. The second-order valence-electron chi connectivity index (χ2n) is 4.02. The van der Waals surface area contributed by atoms with E-state index >= 15 is 0 Å². The minimum atomic E-state index is 0.687. The van der Waals surface area contributed by atoms with Crippen LogP contribution in [0.4, 0.5) is 0 Å². The SMILES string of the molecule is CNCc1ccc(Sc2nc(C)c(C)o2)c(Br)c1. The minimum absolute atomic E-state index is 0.687. The molecule has 96 valence electrons. The third-order valence-electron chi connectivity index (χ3n) is 2.58. The fourth-order valence-electron chi connectivity index (χ4n) is 1.52. The molecular formula is C13H15BrN2OS. The van der Waals surface area contributed by atoms with Gasteiger partial charge in [-0.3, -0.25) is 0 Å². The first-order chi connectivity index (χ1) is 8.60. The molecule has 5 heteroatoms. The van der Waals surface area contributed by atoms with Crippen molar-refractivity contribution in [2.24, 2.45) is 0 Å². The van der Waals surface area contributed by atoms with Crippen LogP contribution in [-0.2, 0) is 6.54 Å². The lowest BCUT2D eigenvalue weighted by Crippen LogP contribution is -2.04. The summed E-state index contributed by atoms with van der Waals surface area (Å²) in [6.45, 7) is 4.74. The third-order valence-corrected chi connectivity index (χ3v) is 4.43. The van der Waals surface area contributed by atoms with E-state index in [0.29, 0.717) is 5.22 Å². The van der Waals surface area contributed by atoms with Crippen LogP contribution in [0.3, 0.4) is 0 Å². The minimum Gasteiger partial charge on any atom is -0.436 e. The average molecular weight is 327 g/mol. The zero-order chi connectivity index (χ0) is 13.1. The molecule has 0 saturated carbocycles. The van der Waals surface area contributed by atoms with Crippen LogP contribution in [0, 0.1) is 13.8 Å². The van der Waals surface area contributed by atoms with E-state index in [1.165, 1.54) is 17.3 Å². The van der Waals surface area contributed by atoms with Gasteiger partial charge in [0.05, 0.1) is 5.69 Å². The van der Waals surface area contributed by atoms with E-state index in [-0.39, 0.29) is 0 Å². The smallest absolute Gasteiger partial charge is 0.261 e. The molecular weight excluding hydrogens is 312 g/mol. The highest BCUT2D eigenvalue weighted by atomic mass is 79.9. The van der Waals surface area contributed by atoms with E-state index in [1.54, 1.807) is 0 Å².